The van der Waals surface area contributed by atoms with E-state index in [1.165, 1.54) is 4.90 Å². The van der Waals surface area contributed by atoms with Crippen LogP contribution in [0.25, 0.3) is 5.76 Å². The summed E-state index contributed by atoms with van der Waals surface area (Å²) in [5, 5.41) is 11.4. The number of ketones is 1. The number of ether oxygens (including phenoxy) is 1. The van der Waals surface area contributed by atoms with E-state index in [0.29, 0.717) is 17.9 Å². The number of carbonyl (C=O) groups excluding carboxylic acids is 2. The fourth-order valence-corrected chi connectivity index (χ4v) is 4.53. The Morgan fingerprint density at radius 2 is 1.73 bits per heavy atom. The summed E-state index contributed by atoms with van der Waals surface area (Å²) in [5.41, 5.74) is 3.70. The van der Waals surface area contributed by atoms with Crippen molar-refractivity contribution in [2.24, 2.45) is 0 Å². The second-order valence-corrected chi connectivity index (χ2v) is 8.31. The zero-order valence-corrected chi connectivity index (χ0v) is 18.5. The molecule has 3 aromatic rings. The Balaban J connectivity index is 1.72. The van der Waals surface area contributed by atoms with Crippen molar-refractivity contribution in [1.82, 2.24) is 0 Å². The molecule has 5 rings (SSSR count). The van der Waals surface area contributed by atoms with Gasteiger partial charge in [0.15, 0.2) is 0 Å². The lowest BCUT2D eigenvalue weighted by Gasteiger charge is -2.28. The van der Waals surface area contributed by atoms with E-state index >= 15 is 0 Å². The number of anilines is 2. The van der Waals surface area contributed by atoms with Crippen LogP contribution in [-0.4, -0.2) is 37.0 Å². The lowest BCUT2D eigenvalue weighted by Crippen LogP contribution is -2.29. The predicted octanol–water partition coefficient (Wildman–Crippen LogP) is 4.45. The summed E-state index contributed by atoms with van der Waals surface area (Å²) < 4.78 is 5.70. The molecule has 166 valence electrons. The predicted molar refractivity (Wildman–Crippen MR) is 128 cm³/mol. The largest absolute Gasteiger partial charge is 0.507 e. The molecule has 1 saturated heterocycles. The van der Waals surface area contributed by atoms with Crippen LogP contribution >= 0.6 is 0 Å². The van der Waals surface area contributed by atoms with Gasteiger partial charge in [0.2, 0.25) is 0 Å². The first-order chi connectivity index (χ1) is 16.0. The highest BCUT2D eigenvalue weighted by Crippen LogP contribution is 2.44. The number of rotatable bonds is 3. The van der Waals surface area contributed by atoms with Gasteiger partial charge in [-0.2, -0.15) is 0 Å². The maximum Gasteiger partial charge on any atom is 0.300 e. The Morgan fingerprint density at radius 3 is 2.48 bits per heavy atom. The van der Waals surface area contributed by atoms with Crippen LogP contribution in [0.5, 0.6) is 5.75 Å². The minimum atomic E-state index is -0.737. The summed E-state index contributed by atoms with van der Waals surface area (Å²) in [7, 11) is 1.95. The summed E-state index contributed by atoms with van der Waals surface area (Å²) in [6.07, 6.45) is 0. The van der Waals surface area contributed by atoms with Crippen LogP contribution in [0.3, 0.4) is 0 Å². The molecule has 0 bridgehead atoms. The van der Waals surface area contributed by atoms with E-state index in [-0.39, 0.29) is 11.3 Å². The van der Waals surface area contributed by atoms with Gasteiger partial charge in [-0.3, -0.25) is 14.5 Å². The third kappa shape index (κ3) is 3.44. The van der Waals surface area contributed by atoms with Crippen molar-refractivity contribution in [3.63, 3.8) is 0 Å². The number of aryl methyl sites for hydroxylation is 1. The van der Waals surface area contributed by atoms with Gasteiger partial charge in [-0.25, -0.2) is 0 Å². The van der Waals surface area contributed by atoms with Gasteiger partial charge in [0.05, 0.1) is 23.8 Å². The smallest absolute Gasteiger partial charge is 0.300 e. The zero-order chi connectivity index (χ0) is 23.1. The Labute approximate surface area is 192 Å². The van der Waals surface area contributed by atoms with E-state index in [1.807, 2.05) is 61.3 Å². The average Bonchev–Trinajstić information content (AvgIpc) is 3.10. The summed E-state index contributed by atoms with van der Waals surface area (Å²) >= 11 is 0. The molecule has 2 heterocycles. The van der Waals surface area contributed by atoms with Crippen LogP contribution in [0.1, 0.15) is 22.7 Å². The van der Waals surface area contributed by atoms with Crippen LogP contribution in [-0.2, 0) is 9.59 Å². The molecular weight excluding hydrogens is 416 g/mol. The first kappa shape index (κ1) is 20.8. The molecule has 0 aromatic heterocycles. The topological polar surface area (TPSA) is 70.1 Å². The number of Topliss-reactive ketones (excluding diaryl/α,β-unsaturated/α-hetero) is 1. The molecular formula is C27H24N2O4. The van der Waals surface area contributed by atoms with Gasteiger partial charge < -0.3 is 14.7 Å². The number of aliphatic hydroxyl groups excluding tert-OH is 1. The van der Waals surface area contributed by atoms with Crippen LogP contribution in [0.15, 0.2) is 78.4 Å². The first-order valence-electron chi connectivity index (χ1n) is 10.9. The van der Waals surface area contributed by atoms with E-state index in [2.05, 4.69) is 0 Å². The molecule has 2 aliphatic heterocycles. The molecule has 1 amide bonds. The van der Waals surface area contributed by atoms with Crippen LogP contribution in [0.2, 0.25) is 0 Å². The molecule has 0 aliphatic carbocycles. The standard InChI is InChI=1S/C27H24N2O4/c1-17-8-6-7-11-20(17)24-23(26(31)27(32)29(24)19-9-4-3-5-10-19)25(30)18-12-13-22-21(16-18)28(2)14-15-33-22/h3-13,16,24,30H,14-15H2,1-2H3/b25-23+. The van der Waals surface area contributed by atoms with Crippen molar-refractivity contribution in [3.05, 3.63) is 95.1 Å². The van der Waals surface area contributed by atoms with Gasteiger partial charge in [0, 0.05) is 18.3 Å². The number of likely N-dealkylation sites (N-methyl/N-ethyl adjacent to an activating group) is 1. The van der Waals surface area contributed by atoms with Crippen molar-refractivity contribution in [2.45, 2.75) is 13.0 Å². The second-order valence-electron chi connectivity index (χ2n) is 8.31. The maximum atomic E-state index is 13.3. The normalized spacial score (nSPS) is 19.4. The number of carbonyl (C=O) groups is 2. The number of nitrogens with zero attached hydrogens (tertiary/aromatic N) is 2. The Bertz CT molecular complexity index is 1280. The van der Waals surface area contributed by atoms with E-state index in [4.69, 9.17) is 4.74 Å². The molecule has 0 radical (unpaired) electrons. The number of benzene rings is 3. The van der Waals surface area contributed by atoms with Crippen molar-refractivity contribution >= 4 is 28.8 Å². The molecule has 6 heteroatoms. The Morgan fingerprint density at radius 1 is 1.00 bits per heavy atom. The molecule has 0 saturated carbocycles. The first-order valence-corrected chi connectivity index (χ1v) is 10.9. The van der Waals surface area contributed by atoms with E-state index in [9.17, 15) is 14.7 Å². The molecule has 33 heavy (non-hydrogen) atoms. The van der Waals surface area contributed by atoms with Gasteiger partial charge in [-0.05, 0) is 48.4 Å². The van der Waals surface area contributed by atoms with Gasteiger partial charge in [0.1, 0.15) is 18.1 Å². The number of fused-ring (bicyclic) bond motifs is 1. The molecule has 1 fully saturated rings. The maximum absolute atomic E-state index is 13.3. The molecule has 1 N–H and O–H groups in total. The summed E-state index contributed by atoms with van der Waals surface area (Å²) in [4.78, 5) is 30.1. The number of hydrogen-bond acceptors (Lipinski definition) is 5. The quantitative estimate of drug-likeness (QED) is 0.370. The van der Waals surface area contributed by atoms with Crippen LogP contribution in [0, 0.1) is 6.92 Å². The lowest BCUT2D eigenvalue weighted by atomic mass is 9.92. The molecule has 1 atom stereocenters. The van der Waals surface area contributed by atoms with Crippen molar-refractivity contribution in [1.29, 1.82) is 0 Å². The highest BCUT2D eigenvalue weighted by Gasteiger charge is 2.47. The highest BCUT2D eigenvalue weighted by atomic mass is 16.5. The van der Waals surface area contributed by atoms with E-state index in [0.717, 1.165) is 29.1 Å². The highest BCUT2D eigenvalue weighted by molar-refractivity contribution is 6.51. The van der Waals surface area contributed by atoms with E-state index < -0.39 is 17.7 Å². The van der Waals surface area contributed by atoms with Crippen LogP contribution in [0.4, 0.5) is 11.4 Å². The number of hydrogen-bond donors (Lipinski definition) is 1. The average molecular weight is 440 g/mol. The third-order valence-corrected chi connectivity index (χ3v) is 6.29. The van der Waals surface area contributed by atoms with E-state index in [1.54, 1.807) is 30.3 Å². The Kier molecular flexibility index (Phi) is 5.13. The molecule has 6 nitrogen and oxygen atoms in total. The molecule has 2 aliphatic rings. The second kappa shape index (κ2) is 8.13. The Hall–Kier alpha value is -4.06. The molecule has 1 unspecified atom stereocenters. The monoisotopic (exact) mass is 440 g/mol. The minimum absolute atomic E-state index is 0.0810. The summed E-state index contributed by atoms with van der Waals surface area (Å²) in [6, 6.07) is 21.3. The van der Waals surface area contributed by atoms with Crippen molar-refractivity contribution < 1.29 is 19.4 Å². The zero-order valence-electron chi connectivity index (χ0n) is 18.5. The van der Waals surface area contributed by atoms with Crippen molar-refractivity contribution in [3.8, 4) is 5.75 Å². The number of para-hydroxylation sites is 1. The summed E-state index contributed by atoms with van der Waals surface area (Å²) in [5.74, 6) is -0.830. The fraction of sp³-hybridized carbons (Fsp3) is 0.185. The number of aliphatic hydroxyl groups is 1. The van der Waals surface area contributed by atoms with Gasteiger partial charge in [0.25, 0.3) is 11.7 Å². The van der Waals surface area contributed by atoms with Gasteiger partial charge >= 0.3 is 0 Å². The van der Waals surface area contributed by atoms with Crippen molar-refractivity contribution in [2.75, 3.05) is 30.0 Å². The van der Waals surface area contributed by atoms with Crippen LogP contribution < -0.4 is 14.5 Å². The molecule has 3 aromatic carbocycles. The lowest BCUT2D eigenvalue weighted by molar-refractivity contribution is -0.132. The fourth-order valence-electron chi connectivity index (χ4n) is 4.53. The number of amides is 1. The van der Waals surface area contributed by atoms with Gasteiger partial charge in [-0.1, -0.05) is 42.5 Å². The van der Waals surface area contributed by atoms with Gasteiger partial charge in [-0.15, -0.1) is 0 Å². The third-order valence-electron chi connectivity index (χ3n) is 6.29. The molecule has 0 spiro atoms. The summed E-state index contributed by atoms with van der Waals surface area (Å²) in [6.45, 7) is 3.24. The minimum Gasteiger partial charge on any atom is -0.507 e. The SMILES string of the molecule is Cc1ccccc1C1/C(=C(\O)c2ccc3c(c2)N(C)CCO3)C(=O)C(=O)N1c1ccccc1.